The fourth-order valence-electron chi connectivity index (χ4n) is 2.63. The Morgan fingerprint density at radius 1 is 1.17 bits per heavy atom. The highest BCUT2D eigenvalue weighted by atomic mass is 79.9. The predicted octanol–water partition coefficient (Wildman–Crippen LogP) is 6.65. The molecule has 0 saturated heterocycles. The van der Waals surface area contributed by atoms with Crippen LogP contribution in [0.2, 0.25) is 5.02 Å². The van der Waals surface area contributed by atoms with Crippen molar-refractivity contribution in [3.8, 4) is 11.8 Å². The van der Waals surface area contributed by atoms with Crippen LogP contribution in [0.5, 0.6) is 5.75 Å². The van der Waals surface area contributed by atoms with E-state index >= 15 is 0 Å². The van der Waals surface area contributed by atoms with Crippen LogP contribution in [-0.2, 0) is 6.61 Å². The van der Waals surface area contributed by atoms with Crippen LogP contribution >= 0.6 is 27.5 Å². The zero-order valence-electron chi connectivity index (χ0n) is 15.0. The van der Waals surface area contributed by atoms with Gasteiger partial charge in [0.25, 0.3) is 5.69 Å². The van der Waals surface area contributed by atoms with Gasteiger partial charge in [-0.2, -0.15) is 5.26 Å². The lowest BCUT2D eigenvalue weighted by Crippen LogP contribution is -1.97. The molecule has 0 atom stereocenters. The van der Waals surface area contributed by atoms with Gasteiger partial charge < -0.3 is 4.74 Å². The first kappa shape index (κ1) is 20.6. The first-order valence-electron chi connectivity index (χ1n) is 8.49. The molecule has 5 nitrogen and oxygen atoms in total. The third-order valence-corrected chi connectivity index (χ3v) is 4.81. The number of ether oxygens (including phenoxy) is 1. The second kappa shape index (κ2) is 9.37. The summed E-state index contributed by atoms with van der Waals surface area (Å²) in [4.78, 5) is 10.5. The number of nitro groups is 1. The van der Waals surface area contributed by atoms with Gasteiger partial charge in [-0.3, -0.25) is 10.1 Å². The summed E-state index contributed by atoms with van der Waals surface area (Å²) in [5.41, 5.74) is 2.31. The summed E-state index contributed by atoms with van der Waals surface area (Å²) in [6, 6.07) is 20.9. The van der Waals surface area contributed by atoms with Gasteiger partial charge >= 0.3 is 0 Å². The first-order valence-corrected chi connectivity index (χ1v) is 9.67. The summed E-state index contributed by atoms with van der Waals surface area (Å²) in [6.07, 6.45) is 1.65. The third-order valence-electron chi connectivity index (χ3n) is 4.07. The minimum absolute atomic E-state index is 0.0721. The molecule has 0 fully saturated rings. The number of nitro benzene ring substituents is 1. The quantitative estimate of drug-likeness (QED) is 0.175. The van der Waals surface area contributed by atoms with Crippen LogP contribution in [0, 0.1) is 21.4 Å². The molecule has 7 heteroatoms. The van der Waals surface area contributed by atoms with Crippen LogP contribution in [0.3, 0.4) is 0 Å². The molecule has 0 aliphatic carbocycles. The summed E-state index contributed by atoms with van der Waals surface area (Å²) in [6.45, 7) is 0.332. The van der Waals surface area contributed by atoms with E-state index in [1.165, 1.54) is 12.1 Å². The van der Waals surface area contributed by atoms with Crippen molar-refractivity contribution >= 4 is 44.9 Å². The zero-order chi connectivity index (χ0) is 20.8. The van der Waals surface area contributed by atoms with E-state index in [9.17, 15) is 15.4 Å². The summed E-state index contributed by atoms with van der Waals surface area (Å²) < 4.78 is 6.75. The Bertz CT molecular complexity index is 1120. The Balaban J connectivity index is 1.93. The van der Waals surface area contributed by atoms with Gasteiger partial charge in [-0.05, 0) is 47.5 Å². The molecule has 0 aliphatic rings. The maximum Gasteiger partial charge on any atom is 0.270 e. The number of benzene rings is 3. The number of allylic oxidation sites excluding steroid dienone is 1. The maximum atomic E-state index is 11.0. The highest BCUT2D eigenvalue weighted by molar-refractivity contribution is 9.10. The molecule has 0 amide bonds. The van der Waals surface area contributed by atoms with E-state index in [4.69, 9.17) is 16.3 Å². The largest absolute Gasteiger partial charge is 0.488 e. The summed E-state index contributed by atoms with van der Waals surface area (Å²) in [5.74, 6) is 0.585. The second-order valence-corrected chi connectivity index (χ2v) is 7.43. The highest BCUT2D eigenvalue weighted by Crippen LogP contribution is 2.29. The monoisotopic (exact) mass is 468 g/mol. The van der Waals surface area contributed by atoms with E-state index in [-0.39, 0.29) is 5.69 Å². The Morgan fingerprint density at radius 2 is 1.93 bits per heavy atom. The summed E-state index contributed by atoms with van der Waals surface area (Å²) >= 11 is 9.33. The maximum absolute atomic E-state index is 11.0. The van der Waals surface area contributed by atoms with Crippen LogP contribution < -0.4 is 4.74 Å². The van der Waals surface area contributed by atoms with Crippen molar-refractivity contribution < 1.29 is 9.66 Å². The highest BCUT2D eigenvalue weighted by Gasteiger charge is 2.11. The molecular weight excluding hydrogens is 456 g/mol. The topological polar surface area (TPSA) is 76.2 Å². The molecule has 3 aromatic carbocycles. The average molecular weight is 470 g/mol. The molecular formula is C22H14BrClN2O3. The number of rotatable bonds is 6. The van der Waals surface area contributed by atoms with Gasteiger partial charge in [-0.25, -0.2) is 0 Å². The zero-order valence-corrected chi connectivity index (χ0v) is 17.4. The smallest absolute Gasteiger partial charge is 0.270 e. The van der Waals surface area contributed by atoms with Gasteiger partial charge in [0.05, 0.1) is 16.6 Å². The summed E-state index contributed by atoms with van der Waals surface area (Å²) in [7, 11) is 0. The number of hydrogen-bond acceptors (Lipinski definition) is 4. The normalized spacial score (nSPS) is 11.0. The van der Waals surface area contributed by atoms with Gasteiger partial charge in [0.15, 0.2) is 0 Å². The SMILES string of the molecule is N#CC(=Cc1cc(Br)ccc1OCc1ccc(Cl)cc1)c1cccc([N+](=O)[O-])c1. The Morgan fingerprint density at radius 3 is 2.62 bits per heavy atom. The molecule has 0 saturated carbocycles. The molecule has 29 heavy (non-hydrogen) atoms. The Hall–Kier alpha value is -3.14. The Kier molecular flexibility index (Phi) is 6.65. The minimum atomic E-state index is -0.488. The van der Waals surface area contributed by atoms with Crippen molar-refractivity contribution in [1.29, 1.82) is 5.26 Å². The van der Waals surface area contributed by atoms with E-state index in [1.807, 2.05) is 24.3 Å². The van der Waals surface area contributed by atoms with Crippen LogP contribution in [0.1, 0.15) is 16.7 Å². The van der Waals surface area contributed by atoms with Crippen molar-refractivity contribution in [2.75, 3.05) is 0 Å². The lowest BCUT2D eigenvalue weighted by molar-refractivity contribution is -0.384. The molecule has 0 aliphatic heterocycles. The standard InChI is InChI=1S/C22H14BrClN2O3/c23-19-6-9-22(29-14-15-4-7-20(24)8-5-15)17(11-19)10-18(13-25)16-2-1-3-21(12-16)26(27)28/h1-12H,14H2. The van der Waals surface area contributed by atoms with Crippen molar-refractivity contribution in [2.45, 2.75) is 6.61 Å². The molecule has 144 valence electrons. The molecule has 3 aromatic rings. The fraction of sp³-hybridized carbons (Fsp3) is 0.0455. The summed E-state index contributed by atoms with van der Waals surface area (Å²) in [5, 5.41) is 21.3. The molecule has 0 heterocycles. The van der Waals surface area contributed by atoms with E-state index in [1.54, 1.807) is 36.4 Å². The van der Waals surface area contributed by atoms with Crippen LogP contribution in [0.4, 0.5) is 5.69 Å². The van der Waals surface area contributed by atoms with E-state index < -0.39 is 4.92 Å². The van der Waals surface area contributed by atoms with Gasteiger partial charge in [0.1, 0.15) is 12.4 Å². The van der Waals surface area contributed by atoms with Gasteiger partial charge in [-0.15, -0.1) is 0 Å². The lowest BCUT2D eigenvalue weighted by Gasteiger charge is -2.11. The lowest BCUT2D eigenvalue weighted by atomic mass is 10.0. The van der Waals surface area contributed by atoms with Crippen molar-refractivity contribution in [2.24, 2.45) is 0 Å². The number of hydrogen-bond donors (Lipinski definition) is 0. The second-order valence-electron chi connectivity index (χ2n) is 6.07. The van der Waals surface area contributed by atoms with E-state index in [2.05, 4.69) is 22.0 Å². The van der Waals surface area contributed by atoms with Crippen LogP contribution in [-0.4, -0.2) is 4.92 Å². The molecule has 3 rings (SSSR count). The van der Waals surface area contributed by atoms with Crippen molar-refractivity contribution in [1.82, 2.24) is 0 Å². The number of non-ortho nitro benzene ring substituents is 1. The van der Waals surface area contributed by atoms with Crippen LogP contribution in [0.25, 0.3) is 11.6 Å². The predicted molar refractivity (Wildman–Crippen MR) is 117 cm³/mol. The molecule has 0 spiro atoms. The number of nitrogens with zero attached hydrogens (tertiary/aromatic N) is 2. The third kappa shape index (κ3) is 5.44. The first-order chi connectivity index (χ1) is 14.0. The van der Waals surface area contributed by atoms with E-state index in [0.29, 0.717) is 34.1 Å². The van der Waals surface area contributed by atoms with Gasteiger partial charge in [0, 0.05) is 27.2 Å². The Labute approximate surface area is 181 Å². The van der Waals surface area contributed by atoms with Gasteiger partial charge in [-0.1, -0.05) is 51.8 Å². The molecule has 0 bridgehead atoms. The minimum Gasteiger partial charge on any atom is -0.488 e. The number of nitriles is 1. The van der Waals surface area contributed by atoms with Gasteiger partial charge in [0.2, 0.25) is 0 Å². The van der Waals surface area contributed by atoms with Crippen LogP contribution in [0.15, 0.2) is 71.2 Å². The molecule has 0 N–H and O–H groups in total. The molecule has 0 radical (unpaired) electrons. The van der Waals surface area contributed by atoms with Crippen molar-refractivity contribution in [3.05, 3.63) is 103 Å². The van der Waals surface area contributed by atoms with Crippen molar-refractivity contribution in [3.63, 3.8) is 0 Å². The fourth-order valence-corrected chi connectivity index (χ4v) is 3.13. The molecule has 0 aromatic heterocycles. The average Bonchev–Trinajstić information content (AvgIpc) is 2.72. The number of halogens is 2. The molecule has 0 unspecified atom stereocenters. The van der Waals surface area contributed by atoms with E-state index in [0.717, 1.165) is 10.0 Å².